The van der Waals surface area contributed by atoms with Gasteiger partial charge in [-0.3, -0.25) is 9.59 Å². The number of carbonyl (C=O) groups is 2. The van der Waals surface area contributed by atoms with E-state index < -0.39 is 35.5 Å². The summed E-state index contributed by atoms with van der Waals surface area (Å²) in [6.07, 6.45) is -0.866. The number of aliphatic carboxylic acids is 2. The highest BCUT2D eigenvalue weighted by Gasteiger charge is 2.60. The predicted molar refractivity (Wildman–Crippen MR) is 101 cm³/mol. The Morgan fingerprint density at radius 2 is 1.36 bits per heavy atom. The molecule has 28 heavy (non-hydrogen) atoms. The number of carboxylic acid groups (broad SMARTS) is 2. The first-order chi connectivity index (χ1) is 13.3. The van der Waals surface area contributed by atoms with Crippen molar-refractivity contribution in [1.29, 1.82) is 0 Å². The summed E-state index contributed by atoms with van der Waals surface area (Å²) < 4.78 is 0. The molecule has 142 valence electrons. The molecule has 0 saturated carbocycles. The summed E-state index contributed by atoms with van der Waals surface area (Å²) in [4.78, 5) is 24.0. The van der Waals surface area contributed by atoms with Crippen LogP contribution in [0.25, 0.3) is 10.8 Å². The maximum atomic E-state index is 12.0. The lowest BCUT2D eigenvalue weighted by Gasteiger charge is -2.44. The van der Waals surface area contributed by atoms with Crippen molar-refractivity contribution in [3.05, 3.63) is 83.4 Å². The molecule has 0 heterocycles. The molecule has 0 aliphatic heterocycles. The Morgan fingerprint density at radius 1 is 0.786 bits per heavy atom. The number of fused-ring (bicyclic) bond motifs is 2. The number of hydrogen-bond donors (Lipinski definition) is 4. The van der Waals surface area contributed by atoms with Crippen molar-refractivity contribution in [3.8, 4) is 0 Å². The highest BCUT2D eigenvalue weighted by molar-refractivity contribution is 6.05. The molecule has 0 saturated heterocycles. The standard InChI is InChI=1S/C22H18O6/c23-19(24)21(20(25)26)12-22(27,28)18(16-9-3-4-11-17(16)21)15-10-5-7-13-6-1-2-8-14(13)15/h1-11,18,27-28H,12H2,(H,23,24)(H,25,26). The number of hydrogen-bond acceptors (Lipinski definition) is 4. The van der Waals surface area contributed by atoms with Gasteiger partial charge in [0.2, 0.25) is 0 Å². The van der Waals surface area contributed by atoms with Gasteiger partial charge in [0, 0.05) is 6.42 Å². The normalized spacial score (nSPS) is 19.7. The first kappa shape index (κ1) is 18.2. The fourth-order valence-corrected chi connectivity index (χ4v) is 4.37. The number of carboxylic acids is 2. The molecule has 3 aromatic rings. The Morgan fingerprint density at radius 3 is 2.07 bits per heavy atom. The number of aliphatic hydroxyl groups is 2. The molecule has 6 heteroatoms. The molecule has 0 fully saturated rings. The minimum absolute atomic E-state index is 0.0617. The van der Waals surface area contributed by atoms with Gasteiger partial charge < -0.3 is 20.4 Å². The van der Waals surface area contributed by atoms with Crippen LogP contribution in [0, 0.1) is 0 Å². The molecule has 1 aliphatic rings. The molecule has 1 atom stereocenters. The lowest BCUT2D eigenvalue weighted by Crippen LogP contribution is -2.56. The molecule has 1 aliphatic carbocycles. The molecule has 3 aromatic carbocycles. The second kappa shape index (κ2) is 6.15. The Hall–Kier alpha value is -3.22. The van der Waals surface area contributed by atoms with Crippen molar-refractivity contribution in [2.45, 2.75) is 23.5 Å². The monoisotopic (exact) mass is 378 g/mol. The Balaban J connectivity index is 2.06. The molecule has 4 N–H and O–H groups in total. The van der Waals surface area contributed by atoms with E-state index in [0.29, 0.717) is 5.56 Å². The van der Waals surface area contributed by atoms with Crippen molar-refractivity contribution in [2.75, 3.05) is 0 Å². The van der Waals surface area contributed by atoms with Gasteiger partial charge in [-0.05, 0) is 27.5 Å². The van der Waals surface area contributed by atoms with E-state index in [1.807, 2.05) is 30.3 Å². The van der Waals surface area contributed by atoms with E-state index in [9.17, 15) is 30.0 Å². The zero-order valence-electron chi connectivity index (χ0n) is 14.7. The molecule has 0 radical (unpaired) electrons. The van der Waals surface area contributed by atoms with Crippen LogP contribution in [-0.2, 0) is 15.0 Å². The van der Waals surface area contributed by atoms with Gasteiger partial charge >= 0.3 is 11.9 Å². The summed E-state index contributed by atoms with van der Waals surface area (Å²) in [6, 6.07) is 19.0. The zero-order chi connectivity index (χ0) is 20.1. The molecule has 0 amide bonds. The van der Waals surface area contributed by atoms with Gasteiger partial charge in [0.05, 0.1) is 5.92 Å². The van der Waals surface area contributed by atoms with Crippen LogP contribution in [0.5, 0.6) is 0 Å². The first-order valence-corrected chi connectivity index (χ1v) is 8.77. The topological polar surface area (TPSA) is 115 Å². The van der Waals surface area contributed by atoms with Crippen LogP contribution in [0.3, 0.4) is 0 Å². The molecule has 0 spiro atoms. The van der Waals surface area contributed by atoms with E-state index in [2.05, 4.69) is 0 Å². The van der Waals surface area contributed by atoms with Crippen molar-refractivity contribution in [1.82, 2.24) is 0 Å². The van der Waals surface area contributed by atoms with E-state index in [4.69, 9.17) is 0 Å². The molecule has 0 bridgehead atoms. The van der Waals surface area contributed by atoms with Gasteiger partial charge in [-0.1, -0.05) is 66.7 Å². The quantitative estimate of drug-likeness (QED) is 0.411. The summed E-state index contributed by atoms with van der Waals surface area (Å²) in [7, 11) is 0. The zero-order valence-corrected chi connectivity index (χ0v) is 14.7. The maximum absolute atomic E-state index is 12.0. The summed E-state index contributed by atoms with van der Waals surface area (Å²) in [5.41, 5.74) is -1.51. The van der Waals surface area contributed by atoms with Crippen LogP contribution in [0.15, 0.2) is 66.7 Å². The van der Waals surface area contributed by atoms with E-state index in [1.165, 1.54) is 6.07 Å². The van der Waals surface area contributed by atoms with E-state index in [-0.39, 0.29) is 11.1 Å². The summed E-state index contributed by atoms with van der Waals surface area (Å²) in [5, 5.41) is 43.1. The summed E-state index contributed by atoms with van der Waals surface area (Å²) >= 11 is 0. The van der Waals surface area contributed by atoms with Crippen molar-refractivity contribution in [2.24, 2.45) is 0 Å². The Labute approximate surface area is 160 Å². The minimum Gasteiger partial charge on any atom is -0.480 e. The second-order valence-corrected chi connectivity index (χ2v) is 7.16. The van der Waals surface area contributed by atoms with Crippen LogP contribution in [0.1, 0.15) is 29.0 Å². The highest BCUT2D eigenvalue weighted by Crippen LogP contribution is 2.51. The highest BCUT2D eigenvalue weighted by atomic mass is 16.5. The van der Waals surface area contributed by atoms with Crippen molar-refractivity contribution in [3.63, 3.8) is 0 Å². The fourth-order valence-electron chi connectivity index (χ4n) is 4.37. The predicted octanol–water partition coefficient (Wildman–Crippen LogP) is 2.46. The average molecular weight is 378 g/mol. The third-order valence-corrected chi connectivity index (χ3v) is 5.58. The van der Waals surface area contributed by atoms with E-state index >= 15 is 0 Å². The summed E-state index contributed by atoms with van der Waals surface area (Å²) in [5.74, 6) is -6.83. The molecule has 0 aromatic heterocycles. The van der Waals surface area contributed by atoms with Gasteiger partial charge in [0.25, 0.3) is 0 Å². The molecule has 4 rings (SSSR count). The van der Waals surface area contributed by atoms with Crippen LogP contribution in [0.4, 0.5) is 0 Å². The smallest absolute Gasteiger partial charge is 0.325 e. The van der Waals surface area contributed by atoms with Gasteiger partial charge in [-0.15, -0.1) is 0 Å². The van der Waals surface area contributed by atoms with Gasteiger partial charge in [0.15, 0.2) is 11.2 Å². The Bertz CT molecular complexity index is 1080. The lowest BCUT2D eigenvalue weighted by molar-refractivity contribution is -0.204. The molecular weight excluding hydrogens is 360 g/mol. The third kappa shape index (κ3) is 2.42. The van der Waals surface area contributed by atoms with Crippen molar-refractivity contribution >= 4 is 22.7 Å². The Kier molecular flexibility index (Phi) is 3.99. The van der Waals surface area contributed by atoms with E-state index in [0.717, 1.165) is 10.8 Å². The number of rotatable bonds is 3. The largest absolute Gasteiger partial charge is 0.480 e. The SMILES string of the molecule is O=C(O)C1(C(=O)O)CC(O)(O)C(c2cccc3ccccc23)c2ccccc21. The van der Waals surface area contributed by atoms with Crippen LogP contribution >= 0.6 is 0 Å². The van der Waals surface area contributed by atoms with Crippen LogP contribution in [-0.4, -0.2) is 38.2 Å². The number of benzene rings is 3. The maximum Gasteiger partial charge on any atom is 0.325 e. The second-order valence-electron chi connectivity index (χ2n) is 7.16. The molecule has 6 nitrogen and oxygen atoms in total. The minimum atomic E-state index is -2.57. The molecular formula is C22H18O6. The van der Waals surface area contributed by atoms with E-state index in [1.54, 1.807) is 30.3 Å². The fraction of sp³-hybridized carbons (Fsp3) is 0.182. The third-order valence-electron chi connectivity index (χ3n) is 5.58. The lowest BCUT2D eigenvalue weighted by atomic mass is 9.62. The van der Waals surface area contributed by atoms with Gasteiger partial charge in [0.1, 0.15) is 0 Å². The average Bonchev–Trinajstić information content (AvgIpc) is 2.66. The van der Waals surface area contributed by atoms with Crippen molar-refractivity contribution < 1.29 is 30.0 Å². The van der Waals surface area contributed by atoms with Gasteiger partial charge in [-0.25, -0.2) is 0 Å². The first-order valence-electron chi connectivity index (χ1n) is 8.77. The van der Waals surface area contributed by atoms with Crippen LogP contribution < -0.4 is 0 Å². The molecule has 1 unspecified atom stereocenters. The van der Waals surface area contributed by atoms with Crippen LogP contribution in [0.2, 0.25) is 0 Å². The van der Waals surface area contributed by atoms with Gasteiger partial charge in [-0.2, -0.15) is 0 Å². The summed E-state index contributed by atoms with van der Waals surface area (Å²) in [6.45, 7) is 0.